The summed E-state index contributed by atoms with van der Waals surface area (Å²) in [7, 11) is 0. The van der Waals surface area contributed by atoms with Gasteiger partial charge in [-0.25, -0.2) is 9.86 Å². The Bertz CT molecular complexity index is 1330. The number of carboxylic acids is 1. The van der Waals surface area contributed by atoms with Crippen molar-refractivity contribution in [3.05, 3.63) is 0 Å². The van der Waals surface area contributed by atoms with Crippen LogP contribution in [0.1, 0.15) is 110 Å². The molecule has 0 aromatic heterocycles. The topological polar surface area (TPSA) is 385 Å². The highest BCUT2D eigenvalue weighted by Crippen LogP contribution is 2.11. The van der Waals surface area contributed by atoms with Crippen molar-refractivity contribution in [2.45, 2.75) is 152 Å². The lowest BCUT2D eigenvalue weighted by Gasteiger charge is -2.27. The number of aliphatic hydroxyl groups is 4. The third-order valence-corrected chi connectivity index (χ3v) is 9.55. The van der Waals surface area contributed by atoms with Gasteiger partial charge in [0, 0.05) is 19.5 Å². The average molecular weight is 878 g/mol. The summed E-state index contributed by atoms with van der Waals surface area (Å²) in [5, 5.41) is 73.6. The van der Waals surface area contributed by atoms with Crippen LogP contribution in [0.5, 0.6) is 0 Å². The van der Waals surface area contributed by atoms with Crippen LogP contribution < -0.4 is 43.4 Å². The van der Waals surface area contributed by atoms with Crippen LogP contribution in [0.15, 0.2) is 0 Å². The van der Waals surface area contributed by atoms with E-state index < -0.39 is 103 Å². The Balaban J connectivity index is 5.60. The van der Waals surface area contributed by atoms with Crippen LogP contribution in [0.2, 0.25) is 0 Å². The Hall–Kier alpha value is -4.52. The summed E-state index contributed by atoms with van der Waals surface area (Å²) in [6, 6.07) is -8.26. The molecule has 0 heterocycles. The molecule has 61 heavy (non-hydrogen) atoms. The van der Waals surface area contributed by atoms with Crippen LogP contribution in [-0.2, 0) is 38.4 Å². The molecule has 0 aliphatic rings. The number of nitrogens with one attached hydrogen (secondary N) is 6. The van der Waals surface area contributed by atoms with E-state index in [1.54, 1.807) is 0 Å². The molecule has 23 heteroatoms. The molecular weight excluding hydrogens is 806 g/mol. The molecule has 0 aromatic carbocycles. The van der Waals surface area contributed by atoms with Crippen molar-refractivity contribution in [1.82, 2.24) is 37.0 Å². The molecule has 0 saturated carbocycles. The van der Waals surface area contributed by atoms with Gasteiger partial charge in [-0.15, -0.1) is 0 Å². The smallest absolute Gasteiger partial charge is 0.335 e. The number of hydroxylamine groups is 2. The second-order valence-electron chi connectivity index (χ2n) is 14.7. The minimum atomic E-state index is -2.63. The Kier molecular flexibility index (Phi) is 31.6. The van der Waals surface area contributed by atoms with Crippen LogP contribution in [0.3, 0.4) is 0 Å². The van der Waals surface area contributed by atoms with E-state index in [1.165, 1.54) is 25.7 Å². The number of nitrogens with two attached hydrogens (primary N) is 2. The summed E-state index contributed by atoms with van der Waals surface area (Å²) in [5.41, 5.74) is 11.1. The van der Waals surface area contributed by atoms with Crippen LogP contribution in [0, 0.1) is 0 Å². The fourth-order valence-electron chi connectivity index (χ4n) is 5.95. The summed E-state index contributed by atoms with van der Waals surface area (Å²) in [5.74, 6) is -7.89. The van der Waals surface area contributed by atoms with E-state index in [9.17, 15) is 69.1 Å². The Morgan fingerprint density at radius 3 is 1.79 bits per heavy atom. The molecule has 0 spiro atoms. The molecule has 16 N–H and O–H groups in total. The number of hydrogen-bond donors (Lipinski definition) is 14. The molecular formula is C38H71N9O14. The molecule has 0 aromatic rings. The number of nitrogens with zero attached hydrogens (tertiary/aromatic N) is 1. The summed E-state index contributed by atoms with van der Waals surface area (Å²) in [6.45, 7) is 0.467. The molecule has 7 amide bonds. The second-order valence-corrected chi connectivity index (χ2v) is 14.7. The molecule has 7 atom stereocenters. The number of rotatable bonds is 37. The highest BCUT2D eigenvalue weighted by atomic mass is 16.5. The molecule has 0 bridgehead atoms. The highest BCUT2D eigenvalue weighted by molar-refractivity contribution is 5.98. The van der Waals surface area contributed by atoms with Gasteiger partial charge in [0.15, 0.2) is 6.10 Å². The number of hydrogen-bond acceptors (Lipinski definition) is 15. The van der Waals surface area contributed by atoms with Gasteiger partial charge < -0.3 is 68.9 Å². The monoisotopic (exact) mass is 878 g/mol. The molecule has 0 fully saturated rings. The van der Waals surface area contributed by atoms with Crippen LogP contribution >= 0.6 is 0 Å². The maximum Gasteiger partial charge on any atom is 0.335 e. The summed E-state index contributed by atoms with van der Waals surface area (Å²) in [4.78, 5) is 101. The largest absolute Gasteiger partial charge is 0.479 e. The van der Waals surface area contributed by atoms with Crippen molar-refractivity contribution in [3.8, 4) is 0 Å². The number of unbranched alkanes of at least 4 members (excludes halogenated alkanes) is 9. The standard InChI is InChI=1S/C38H71N9O14/c1-2-3-4-5-6-7-8-9-10-15-30(52)42-27(22-48)29(51)21-31(53)43-28(23-49)36(57)46-32(33(54)38(59)60)37(58)45-26(16-18-40)35(56)44-25(14-13-20-47(61)24-50)34(55)41-19-12-11-17-39/h24-29,32-33,48-49,51,54,61H,2-23,39-40H2,1H3,(H,41,55)(H,42,52)(H,43,53)(H,44,56)(H,45,58)(H,46,57)(H,59,60)/t25-,26-,27?,28-,29?,32-,33+/m0/s1. The van der Waals surface area contributed by atoms with Gasteiger partial charge in [-0.3, -0.25) is 38.8 Å². The molecule has 0 saturated heterocycles. The van der Waals surface area contributed by atoms with Crippen LogP contribution in [0.4, 0.5) is 0 Å². The minimum Gasteiger partial charge on any atom is -0.479 e. The Labute approximate surface area is 356 Å². The first-order valence-electron chi connectivity index (χ1n) is 21.0. The van der Waals surface area contributed by atoms with Crippen molar-refractivity contribution < 1.29 is 69.1 Å². The van der Waals surface area contributed by atoms with Gasteiger partial charge in [0.25, 0.3) is 0 Å². The van der Waals surface area contributed by atoms with Gasteiger partial charge in [-0.1, -0.05) is 58.3 Å². The molecule has 0 radical (unpaired) electrons. The van der Waals surface area contributed by atoms with Gasteiger partial charge in [0.2, 0.25) is 41.9 Å². The number of carboxylic acid groups (broad SMARTS) is 1. The average Bonchev–Trinajstić information content (AvgIpc) is 3.23. The van der Waals surface area contributed by atoms with Crippen molar-refractivity contribution in [2.24, 2.45) is 11.5 Å². The van der Waals surface area contributed by atoms with Gasteiger partial charge in [0.1, 0.15) is 24.2 Å². The van der Waals surface area contributed by atoms with Crippen molar-refractivity contribution >= 4 is 47.8 Å². The maximum atomic E-state index is 13.4. The molecule has 23 nitrogen and oxygen atoms in total. The number of aliphatic hydroxyl groups excluding tert-OH is 4. The van der Waals surface area contributed by atoms with Gasteiger partial charge >= 0.3 is 5.97 Å². The SMILES string of the molecule is CCCCCCCCCCCC(=O)NC(CO)C(O)CC(=O)N[C@@H](CO)C(=O)N[C@H](C(=O)N[C@@H](CCN)C(=O)N[C@@H](CCCN(O)C=O)C(=O)NCCCCN)[C@@H](O)C(=O)O. The quantitative estimate of drug-likeness (QED) is 0.0124. The lowest BCUT2D eigenvalue weighted by molar-refractivity contribution is -0.152. The van der Waals surface area contributed by atoms with Crippen molar-refractivity contribution in [3.63, 3.8) is 0 Å². The zero-order valence-electron chi connectivity index (χ0n) is 35.2. The van der Waals surface area contributed by atoms with E-state index >= 15 is 0 Å². The first-order chi connectivity index (χ1) is 29.1. The van der Waals surface area contributed by atoms with Crippen LogP contribution in [0.25, 0.3) is 0 Å². The van der Waals surface area contributed by atoms with Gasteiger partial charge in [-0.2, -0.15) is 0 Å². The van der Waals surface area contributed by atoms with Crippen molar-refractivity contribution in [2.75, 3.05) is 39.4 Å². The molecule has 0 aliphatic carbocycles. The number of aliphatic carboxylic acids is 1. The van der Waals surface area contributed by atoms with E-state index in [0.717, 1.165) is 25.7 Å². The predicted molar refractivity (Wildman–Crippen MR) is 219 cm³/mol. The third-order valence-electron chi connectivity index (χ3n) is 9.55. The Morgan fingerprint density at radius 1 is 0.639 bits per heavy atom. The zero-order chi connectivity index (χ0) is 46.2. The van der Waals surface area contributed by atoms with E-state index in [-0.39, 0.29) is 51.7 Å². The summed E-state index contributed by atoms with van der Waals surface area (Å²) < 4.78 is 0. The van der Waals surface area contributed by atoms with Crippen LogP contribution in [-0.4, -0.2) is 165 Å². The van der Waals surface area contributed by atoms with Crippen molar-refractivity contribution in [1.29, 1.82) is 0 Å². The molecule has 352 valence electrons. The highest BCUT2D eigenvalue weighted by Gasteiger charge is 2.38. The first kappa shape index (κ1) is 56.5. The van der Waals surface area contributed by atoms with Gasteiger partial charge in [0.05, 0.1) is 31.8 Å². The zero-order valence-corrected chi connectivity index (χ0v) is 35.2. The first-order valence-corrected chi connectivity index (χ1v) is 21.0. The number of carbonyl (C=O) groups is 8. The fraction of sp³-hybridized carbons (Fsp3) is 0.789. The summed E-state index contributed by atoms with van der Waals surface area (Å²) >= 11 is 0. The lowest BCUT2D eigenvalue weighted by Crippen LogP contribution is -2.62. The normalized spacial score (nSPS) is 14.5. The minimum absolute atomic E-state index is 0.0444. The third kappa shape index (κ3) is 25.1. The Morgan fingerprint density at radius 2 is 1.23 bits per heavy atom. The predicted octanol–water partition coefficient (Wildman–Crippen LogP) is -3.66. The van der Waals surface area contributed by atoms with E-state index in [0.29, 0.717) is 30.9 Å². The number of carbonyl (C=O) groups excluding carboxylic acids is 7. The second kappa shape index (κ2) is 34.1. The molecule has 0 rings (SSSR count). The lowest BCUT2D eigenvalue weighted by atomic mass is 10.1. The van der Waals surface area contributed by atoms with E-state index in [2.05, 4.69) is 33.5 Å². The molecule has 0 aliphatic heterocycles. The van der Waals surface area contributed by atoms with Gasteiger partial charge in [-0.05, 0) is 51.6 Å². The molecule has 2 unspecified atom stereocenters. The summed E-state index contributed by atoms with van der Waals surface area (Å²) in [6.07, 6.45) is 5.36. The van der Waals surface area contributed by atoms with E-state index in [1.807, 2.05) is 5.32 Å². The maximum absolute atomic E-state index is 13.4. The fourth-order valence-corrected chi connectivity index (χ4v) is 5.95. The number of amides is 7. The van der Waals surface area contributed by atoms with E-state index in [4.69, 9.17) is 11.5 Å².